The minimum atomic E-state index is -1.13. The minimum Gasteiger partial charge on any atom is -0.489 e. The molecule has 1 aliphatic rings. The monoisotopic (exact) mass is 370 g/mol. The summed E-state index contributed by atoms with van der Waals surface area (Å²) in [6.45, 7) is 1.81. The molecule has 0 spiro atoms. The van der Waals surface area contributed by atoms with Gasteiger partial charge in [-0.3, -0.25) is 4.79 Å². The molecular formula is C19H22N4O4. The summed E-state index contributed by atoms with van der Waals surface area (Å²) in [5.41, 5.74) is 2.00. The van der Waals surface area contributed by atoms with Gasteiger partial charge in [0.25, 0.3) is 0 Å². The Morgan fingerprint density at radius 3 is 2.89 bits per heavy atom. The molecule has 3 atom stereocenters. The molecule has 1 saturated carbocycles. The summed E-state index contributed by atoms with van der Waals surface area (Å²) in [6.07, 6.45) is 6.90. The number of aryl methyl sites for hydroxylation is 2. The lowest BCUT2D eigenvalue weighted by atomic mass is 9.87. The van der Waals surface area contributed by atoms with Crippen molar-refractivity contribution in [2.45, 2.75) is 44.8 Å². The van der Waals surface area contributed by atoms with Gasteiger partial charge in [-0.2, -0.15) is 0 Å². The van der Waals surface area contributed by atoms with Gasteiger partial charge in [0.2, 0.25) is 0 Å². The zero-order valence-corrected chi connectivity index (χ0v) is 15.3. The number of aliphatic hydroxyl groups excluding tert-OH is 1. The fraction of sp³-hybridized carbons (Fsp3) is 0.474. The molecule has 1 fully saturated rings. The van der Waals surface area contributed by atoms with Crippen molar-refractivity contribution in [3.63, 3.8) is 0 Å². The molecule has 3 rings (SSSR count). The molecule has 142 valence electrons. The number of hydrogen-bond donors (Lipinski definition) is 2. The molecule has 27 heavy (non-hydrogen) atoms. The molecule has 2 heterocycles. The maximum absolute atomic E-state index is 11.2. The molecule has 2 aromatic heterocycles. The highest BCUT2D eigenvalue weighted by Crippen LogP contribution is 2.31. The summed E-state index contributed by atoms with van der Waals surface area (Å²) < 4.78 is 7.44. The topological polar surface area (TPSA) is 110 Å². The average Bonchev–Trinajstić information content (AvgIpc) is 3.04. The lowest BCUT2D eigenvalue weighted by Crippen LogP contribution is -2.29. The van der Waals surface area contributed by atoms with Crippen LogP contribution >= 0.6 is 0 Å². The number of aliphatic hydroxyl groups is 1. The lowest BCUT2D eigenvalue weighted by molar-refractivity contribution is -0.143. The Bertz CT molecular complexity index is 886. The van der Waals surface area contributed by atoms with Gasteiger partial charge in [-0.15, -0.1) is 11.5 Å². The van der Waals surface area contributed by atoms with Crippen LogP contribution in [0.3, 0.4) is 0 Å². The number of hydrogen-bond acceptors (Lipinski definition) is 6. The molecule has 1 aliphatic carbocycles. The predicted octanol–water partition coefficient (Wildman–Crippen LogP) is 1.87. The number of aromatic nitrogens is 4. The van der Waals surface area contributed by atoms with Gasteiger partial charge in [0.1, 0.15) is 17.1 Å². The van der Waals surface area contributed by atoms with Crippen LogP contribution in [0.15, 0.2) is 12.1 Å². The van der Waals surface area contributed by atoms with Gasteiger partial charge in [0.15, 0.2) is 6.10 Å². The molecule has 2 aromatic rings. The highest BCUT2D eigenvalue weighted by Gasteiger charge is 2.28. The first-order valence-electron chi connectivity index (χ1n) is 8.82. The molecule has 8 heteroatoms. The van der Waals surface area contributed by atoms with E-state index < -0.39 is 12.1 Å². The van der Waals surface area contributed by atoms with Gasteiger partial charge in [-0.25, -0.2) is 9.67 Å². The highest BCUT2D eigenvalue weighted by atomic mass is 16.5. The van der Waals surface area contributed by atoms with E-state index in [9.17, 15) is 15.0 Å². The van der Waals surface area contributed by atoms with Crippen LogP contribution in [-0.2, 0) is 11.8 Å². The van der Waals surface area contributed by atoms with Gasteiger partial charge >= 0.3 is 5.97 Å². The molecule has 2 N–H and O–H groups in total. The average molecular weight is 370 g/mol. The third-order valence-corrected chi connectivity index (χ3v) is 4.84. The number of rotatable bonds is 5. The first kappa shape index (κ1) is 18.9. The van der Waals surface area contributed by atoms with Crippen molar-refractivity contribution in [1.82, 2.24) is 20.0 Å². The van der Waals surface area contributed by atoms with Crippen LogP contribution in [0.4, 0.5) is 0 Å². The maximum atomic E-state index is 11.2. The summed E-state index contributed by atoms with van der Waals surface area (Å²) in [5, 5.41) is 27.2. The van der Waals surface area contributed by atoms with Crippen LogP contribution in [0, 0.1) is 25.2 Å². The van der Waals surface area contributed by atoms with Crippen LogP contribution < -0.4 is 4.74 Å². The zero-order chi connectivity index (χ0) is 19.6. The van der Waals surface area contributed by atoms with E-state index in [1.165, 1.54) is 4.68 Å². The lowest BCUT2D eigenvalue weighted by Gasteiger charge is -2.27. The molecular weight excluding hydrogens is 348 g/mol. The molecule has 0 bridgehead atoms. The number of carbonyl (C=O) groups is 1. The van der Waals surface area contributed by atoms with Crippen molar-refractivity contribution in [3.05, 3.63) is 23.5 Å². The van der Waals surface area contributed by atoms with E-state index in [4.69, 9.17) is 11.2 Å². The third kappa shape index (κ3) is 3.93. The molecule has 0 aromatic carbocycles. The minimum absolute atomic E-state index is 0.137. The summed E-state index contributed by atoms with van der Waals surface area (Å²) >= 11 is 0. The second kappa shape index (κ2) is 7.76. The summed E-state index contributed by atoms with van der Waals surface area (Å²) in [7, 11) is 1.65. The quantitative estimate of drug-likeness (QED) is 0.773. The second-order valence-corrected chi connectivity index (χ2v) is 6.74. The Labute approximate surface area is 157 Å². The van der Waals surface area contributed by atoms with Gasteiger partial charge in [0, 0.05) is 7.05 Å². The predicted molar refractivity (Wildman–Crippen MR) is 96.8 cm³/mol. The smallest absolute Gasteiger partial charge is 0.306 e. The van der Waals surface area contributed by atoms with Crippen molar-refractivity contribution < 1.29 is 19.7 Å². The summed E-state index contributed by atoms with van der Waals surface area (Å²) in [4.78, 5) is 15.7. The number of pyridine rings is 1. The van der Waals surface area contributed by atoms with E-state index in [0.29, 0.717) is 41.4 Å². The number of terminal acetylenes is 1. The van der Waals surface area contributed by atoms with Crippen molar-refractivity contribution in [2.24, 2.45) is 13.0 Å². The van der Waals surface area contributed by atoms with Crippen LogP contribution in [0.25, 0.3) is 11.4 Å². The molecule has 0 amide bonds. The first-order chi connectivity index (χ1) is 12.9. The first-order valence-corrected chi connectivity index (χ1v) is 8.82. The molecule has 8 nitrogen and oxygen atoms in total. The number of aliphatic carboxylic acids is 1. The highest BCUT2D eigenvalue weighted by molar-refractivity contribution is 5.70. The van der Waals surface area contributed by atoms with E-state index in [-0.39, 0.29) is 12.0 Å². The fourth-order valence-electron chi connectivity index (χ4n) is 3.39. The van der Waals surface area contributed by atoms with E-state index in [1.54, 1.807) is 19.2 Å². The number of carboxylic acid groups (broad SMARTS) is 1. The summed E-state index contributed by atoms with van der Waals surface area (Å²) in [5.74, 6) is 1.75. The standard InChI is InChI=1S/C19H22N4O4/c1-4-15(24)18-17(21-22-23(18)3)14-8-9-16(11(2)20-14)27-13-7-5-6-12(10-13)19(25)26/h1,8-9,12-13,15,24H,5-7,10H2,2-3H3,(H,25,26)/t12-,13-,15?/m0/s1. The van der Waals surface area contributed by atoms with Gasteiger partial charge in [0.05, 0.1) is 23.4 Å². The third-order valence-electron chi connectivity index (χ3n) is 4.84. The van der Waals surface area contributed by atoms with Gasteiger partial charge < -0.3 is 14.9 Å². The molecule has 0 aliphatic heterocycles. The Balaban J connectivity index is 1.81. The number of ether oxygens (including phenoxy) is 1. The van der Waals surface area contributed by atoms with E-state index in [1.807, 2.05) is 6.92 Å². The molecule has 1 unspecified atom stereocenters. The van der Waals surface area contributed by atoms with Gasteiger partial charge in [-0.05, 0) is 44.7 Å². The summed E-state index contributed by atoms with van der Waals surface area (Å²) in [6, 6.07) is 3.51. The fourth-order valence-corrected chi connectivity index (χ4v) is 3.39. The Kier molecular flexibility index (Phi) is 5.42. The van der Waals surface area contributed by atoms with Crippen molar-refractivity contribution >= 4 is 5.97 Å². The molecule has 0 radical (unpaired) electrons. The normalized spacial score (nSPS) is 20.7. The van der Waals surface area contributed by atoms with Crippen molar-refractivity contribution in [1.29, 1.82) is 0 Å². The second-order valence-electron chi connectivity index (χ2n) is 6.74. The van der Waals surface area contributed by atoms with E-state index in [2.05, 4.69) is 21.2 Å². The van der Waals surface area contributed by atoms with Crippen LogP contribution in [0.1, 0.15) is 43.2 Å². The maximum Gasteiger partial charge on any atom is 0.306 e. The largest absolute Gasteiger partial charge is 0.489 e. The van der Waals surface area contributed by atoms with Crippen molar-refractivity contribution in [3.8, 4) is 29.5 Å². The Morgan fingerprint density at radius 1 is 1.44 bits per heavy atom. The zero-order valence-electron chi connectivity index (χ0n) is 15.3. The van der Waals surface area contributed by atoms with Crippen LogP contribution in [0.5, 0.6) is 5.75 Å². The van der Waals surface area contributed by atoms with Crippen LogP contribution in [-0.4, -0.2) is 42.3 Å². The molecule has 0 saturated heterocycles. The Hall–Kier alpha value is -2.92. The van der Waals surface area contributed by atoms with E-state index in [0.717, 1.165) is 12.8 Å². The Morgan fingerprint density at radius 2 is 2.22 bits per heavy atom. The SMILES string of the molecule is C#CC(O)c1c(-c2ccc(O[C@H]3CCC[C@H](C(=O)O)C3)c(C)n2)nnn1C. The number of nitrogens with zero attached hydrogens (tertiary/aromatic N) is 4. The van der Waals surface area contributed by atoms with E-state index >= 15 is 0 Å². The van der Waals surface area contributed by atoms with Crippen LogP contribution in [0.2, 0.25) is 0 Å². The number of carboxylic acids is 1. The van der Waals surface area contributed by atoms with Crippen molar-refractivity contribution in [2.75, 3.05) is 0 Å². The van der Waals surface area contributed by atoms with Gasteiger partial charge in [-0.1, -0.05) is 11.1 Å².